The first kappa shape index (κ1) is 14.0. The van der Waals surface area contributed by atoms with Crippen molar-refractivity contribution in [1.29, 1.82) is 0 Å². The Morgan fingerprint density at radius 3 is 2.39 bits per heavy atom. The van der Waals surface area contributed by atoms with Gasteiger partial charge in [0.15, 0.2) is 0 Å². The summed E-state index contributed by atoms with van der Waals surface area (Å²) in [5.74, 6) is -0.486. The number of amides is 1. The molecule has 0 saturated heterocycles. The van der Waals surface area contributed by atoms with Crippen molar-refractivity contribution in [1.82, 2.24) is 9.88 Å². The summed E-state index contributed by atoms with van der Waals surface area (Å²) in [5.41, 5.74) is 0.885. The highest BCUT2D eigenvalue weighted by Gasteiger charge is 2.28. The standard InChI is InChI=1S/C12H16N2O4/c1-14(12(16)18-3)10(11(15)17-2)8-9-4-6-13-7-5-9/h4-7,10H,8H2,1-3H3/t10-/m0/s1. The molecular formula is C12H16N2O4. The molecule has 0 bridgehead atoms. The fourth-order valence-electron chi connectivity index (χ4n) is 1.53. The summed E-state index contributed by atoms with van der Waals surface area (Å²) >= 11 is 0. The molecular weight excluding hydrogens is 236 g/mol. The molecule has 6 heteroatoms. The van der Waals surface area contributed by atoms with E-state index in [9.17, 15) is 9.59 Å². The quantitative estimate of drug-likeness (QED) is 0.743. The number of likely N-dealkylation sites (N-methyl/N-ethyl adjacent to an activating group) is 1. The smallest absolute Gasteiger partial charge is 0.409 e. The van der Waals surface area contributed by atoms with Gasteiger partial charge < -0.3 is 9.47 Å². The van der Waals surface area contributed by atoms with Gasteiger partial charge in [-0.1, -0.05) is 0 Å². The number of nitrogens with zero attached hydrogens (tertiary/aromatic N) is 2. The van der Waals surface area contributed by atoms with Gasteiger partial charge in [0, 0.05) is 25.9 Å². The number of carbonyl (C=O) groups excluding carboxylic acids is 2. The van der Waals surface area contributed by atoms with Gasteiger partial charge in [-0.2, -0.15) is 0 Å². The van der Waals surface area contributed by atoms with Crippen LogP contribution in [-0.2, 0) is 20.7 Å². The normalized spacial score (nSPS) is 11.5. The number of esters is 1. The largest absolute Gasteiger partial charge is 0.467 e. The van der Waals surface area contributed by atoms with Crippen LogP contribution in [0.5, 0.6) is 0 Å². The third-order valence-corrected chi connectivity index (χ3v) is 2.58. The lowest BCUT2D eigenvalue weighted by atomic mass is 10.1. The molecule has 0 aliphatic rings. The van der Waals surface area contributed by atoms with E-state index in [0.29, 0.717) is 6.42 Å². The predicted molar refractivity (Wildman–Crippen MR) is 63.9 cm³/mol. The molecule has 6 nitrogen and oxygen atoms in total. The predicted octanol–water partition coefficient (Wildman–Crippen LogP) is 0.864. The van der Waals surface area contributed by atoms with E-state index >= 15 is 0 Å². The highest BCUT2D eigenvalue weighted by atomic mass is 16.5. The van der Waals surface area contributed by atoms with Crippen LogP contribution in [0.1, 0.15) is 5.56 Å². The van der Waals surface area contributed by atoms with Crippen LogP contribution >= 0.6 is 0 Å². The van der Waals surface area contributed by atoms with E-state index in [-0.39, 0.29) is 0 Å². The molecule has 1 amide bonds. The maximum Gasteiger partial charge on any atom is 0.409 e. The second-order valence-corrected chi connectivity index (χ2v) is 3.68. The Morgan fingerprint density at radius 1 is 1.28 bits per heavy atom. The third-order valence-electron chi connectivity index (χ3n) is 2.58. The van der Waals surface area contributed by atoms with Crippen LogP contribution in [0.25, 0.3) is 0 Å². The SMILES string of the molecule is COC(=O)[C@H](Cc1ccncc1)N(C)C(=O)OC. The van der Waals surface area contributed by atoms with Crippen LogP contribution in [0.4, 0.5) is 4.79 Å². The zero-order valence-electron chi connectivity index (χ0n) is 10.6. The molecule has 1 heterocycles. The molecule has 1 aromatic heterocycles. The van der Waals surface area contributed by atoms with E-state index < -0.39 is 18.1 Å². The van der Waals surface area contributed by atoms with Gasteiger partial charge in [-0.3, -0.25) is 9.88 Å². The number of hydrogen-bond acceptors (Lipinski definition) is 5. The Morgan fingerprint density at radius 2 is 1.89 bits per heavy atom. The first-order valence-corrected chi connectivity index (χ1v) is 5.37. The van der Waals surface area contributed by atoms with Gasteiger partial charge >= 0.3 is 12.1 Å². The Labute approximate surface area is 106 Å². The molecule has 0 aliphatic carbocycles. The minimum atomic E-state index is -0.718. The number of carbonyl (C=O) groups is 2. The summed E-state index contributed by atoms with van der Waals surface area (Å²) in [4.78, 5) is 28.2. The Hall–Kier alpha value is -2.11. The third kappa shape index (κ3) is 3.44. The molecule has 0 N–H and O–H groups in total. The van der Waals surface area contributed by atoms with Crippen LogP contribution < -0.4 is 0 Å². The van der Waals surface area contributed by atoms with Crippen LogP contribution in [-0.4, -0.2) is 49.3 Å². The highest BCUT2D eigenvalue weighted by Crippen LogP contribution is 2.09. The van der Waals surface area contributed by atoms with Gasteiger partial charge in [0.25, 0.3) is 0 Å². The summed E-state index contributed by atoms with van der Waals surface area (Å²) in [6.45, 7) is 0. The molecule has 0 spiro atoms. The Kier molecular flexibility index (Phi) is 5.10. The van der Waals surface area contributed by atoms with Crippen molar-refractivity contribution in [2.75, 3.05) is 21.3 Å². The average Bonchev–Trinajstić information content (AvgIpc) is 2.43. The maximum atomic E-state index is 11.7. The number of ether oxygens (including phenoxy) is 2. The minimum absolute atomic E-state index is 0.348. The van der Waals surface area contributed by atoms with Crippen molar-refractivity contribution in [2.24, 2.45) is 0 Å². The zero-order chi connectivity index (χ0) is 13.5. The fraction of sp³-hybridized carbons (Fsp3) is 0.417. The van der Waals surface area contributed by atoms with Crippen molar-refractivity contribution in [2.45, 2.75) is 12.5 Å². The molecule has 1 atom stereocenters. The van der Waals surface area contributed by atoms with E-state index in [1.807, 2.05) is 0 Å². The average molecular weight is 252 g/mol. The summed E-state index contributed by atoms with van der Waals surface area (Å²) in [6, 6.07) is 2.84. The van der Waals surface area contributed by atoms with Crippen molar-refractivity contribution in [3.63, 3.8) is 0 Å². The summed E-state index contributed by atoms with van der Waals surface area (Å²) in [7, 11) is 4.04. The molecule has 18 heavy (non-hydrogen) atoms. The monoisotopic (exact) mass is 252 g/mol. The molecule has 1 aromatic rings. The van der Waals surface area contributed by atoms with Crippen LogP contribution in [0.3, 0.4) is 0 Å². The van der Waals surface area contributed by atoms with Gasteiger partial charge in [-0.25, -0.2) is 9.59 Å². The molecule has 98 valence electrons. The molecule has 0 aromatic carbocycles. The summed E-state index contributed by atoms with van der Waals surface area (Å²) in [6.07, 6.45) is 3.02. The maximum absolute atomic E-state index is 11.7. The number of aromatic nitrogens is 1. The summed E-state index contributed by atoms with van der Waals surface area (Å²) < 4.78 is 9.29. The lowest BCUT2D eigenvalue weighted by molar-refractivity contribution is -0.145. The zero-order valence-corrected chi connectivity index (χ0v) is 10.6. The molecule has 0 saturated carbocycles. The lowest BCUT2D eigenvalue weighted by Crippen LogP contribution is -2.44. The topological polar surface area (TPSA) is 68.7 Å². The van der Waals surface area contributed by atoms with Crippen molar-refractivity contribution in [3.05, 3.63) is 30.1 Å². The molecule has 0 unspecified atom stereocenters. The van der Waals surface area contributed by atoms with Crippen molar-refractivity contribution in [3.8, 4) is 0 Å². The van der Waals surface area contributed by atoms with E-state index in [1.54, 1.807) is 24.5 Å². The Balaban J connectivity index is 2.86. The van der Waals surface area contributed by atoms with Crippen molar-refractivity contribution >= 4 is 12.1 Å². The molecule has 1 rings (SSSR count). The molecule has 0 aliphatic heterocycles. The fourth-order valence-corrected chi connectivity index (χ4v) is 1.53. The van der Waals surface area contributed by atoms with Gasteiger partial charge in [0.05, 0.1) is 14.2 Å². The van der Waals surface area contributed by atoms with Crippen LogP contribution in [0, 0.1) is 0 Å². The molecule has 0 radical (unpaired) electrons. The first-order valence-electron chi connectivity index (χ1n) is 5.37. The number of rotatable bonds is 4. The number of pyridine rings is 1. The summed E-state index contributed by atoms with van der Waals surface area (Å²) in [5, 5.41) is 0. The Bertz CT molecular complexity index is 408. The van der Waals surface area contributed by atoms with Crippen LogP contribution in [0.15, 0.2) is 24.5 Å². The molecule has 0 fully saturated rings. The second kappa shape index (κ2) is 6.58. The minimum Gasteiger partial charge on any atom is -0.467 e. The number of hydrogen-bond donors (Lipinski definition) is 0. The van der Waals surface area contributed by atoms with Gasteiger partial charge in [0.1, 0.15) is 6.04 Å². The van der Waals surface area contributed by atoms with Crippen molar-refractivity contribution < 1.29 is 19.1 Å². The van der Waals surface area contributed by atoms with E-state index in [4.69, 9.17) is 4.74 Å². The van der Waals surface area contributed by atoms with E-state index in [1.165, 1.54) is 26.2 Å². The van der Waals surface area contributed by atoms with Gasteiger partial charge in [-0.05, 0) is 17.7 Å². The van der Waals surface area contributed by atoms with E-state index in [0.717, 1.165) is 5.56 Å². The first-order chi connectivity index (χ1) is 8.60. The van der Waals surface area contributed by atoms with E-state index in [2.05, 4.69) is 9.72 Å². The van der Waals surface area contributed by atoms with Gasteiger partial charge in [0.2, 0.25) is 0 Å². The van der Waals surface area contributed by atoms with Crippen LogP contribution in [0.2, 0.25) is 0 Å². The lowest BCUT2D eigenvalue weighted by Gasteiger charge is -2.24. The van der Waals surface area contributed by atoms with Gasteiger partial charge in [-0.15, -0.1) is 0 Å². The number of methoxy groups -OCH3 is 2. The second-order valence-electron chi connectivity index (χ2n) is 3.68. The highest BCUT2D eigenvalue weighted by molar-refractivity contribution is 5.81.